The second kappa shape index (κ2) is 6.41. The van der Waals surface area contributed by atoms with Crippen LogP contribution in [0.1, 0.15) is 23.3 Å². The number of amides is 1. The highest BCUT2D eigenvalue weighted by Gasteiger charge is 2.30. The molecule has 0 spiro atoms. The molecule has 21 heavy (non-hydrogen) atoms. The number of benzene rings is 1. The molecule has 4 heteroatoms. The molecule has 1 amide bonds. The minimum atomic E-state index is 0.0766. The van der Waals surface area contributed by atoms with Crippen LogP contribution in [0.15, 0.2) is 41.8 Å². The Labute approximate surface area is 129 Å². The number of nitrogens with one attached hydrogen (secondary N) is 1. The van der Waals surface area contributed by atoms with E-state index in [2.05, 4.69) is 27.7 Å². The van der Waals surface area contributed by atoms with E-state index >= 15 is 0 Å². The molecule has 110 valence electrons. The summed E-state index contributed by atoms with van der Waals surface area (Å²) in [7, 11) is 0. The van der Waals surface area contributed by atoms with Crippen molar-refractivity contribution < 1.29 is 4.79 Å². The monoisotopic (exact) mass is 300 g/mol. The summed E-state index contributed by atoms with van der Waals surface area (Å²) in [5.74, 6) is 0.0766. The second-order valence-corrected chi connectivity index (χ2v) is 6.61. The fourth-order valence-corrected chi connectivity index (χ4v) is 3.17. The molecule has 1 N–H and O–H groups in total. The number of hydrogen-bond donors (Lipinski definition) is 1. The smallest absolute Gasteiger partial charge is 0.238 e. The zero-order chi connectivity index (χ0) is 14.7. The van der Waals surface area contributed by atoms with E-state index < -0.39 is 0 Å². The molecule has 2 aromatic rings. The Kier molecular flexibility index (Phi) is 4.36. The average molecular weight is 300 g/mol. The van der Waals surface area contributed by atoms with E-state index in [4.69, 9.17) is 0 Å². The van der Waals surface area contributed by atoms with Gasteiger partial charge in [0.15, 0.2) is 0 Å². The number of anilines is 1. The highest BCUT2D eigenvalue weighted by atomic mass is 32.1. The normalized spacial score (nSPS) is 14.4. The third-order valence-corrected chi connectivity index (χ3v) is 4.63. The number of hydrogen-bond acceptors (Lipinski definition) is 3. The Morgan fingerprint density at radius 3 is 2.76 bits per heavy atom. The van der Waals surface area contributed by atoms with Gasteiger partial charge in [0.05, 0.1) is 6.54 Å². The van der Waals surface area contributed by atoms with Crippen LogP contribution in [0, 0.1) is 6.92 Å². The maximum atomic E-state index is 12.3. The van der Waals surface area contributed by atoms with Gasteiger partial charge in [-0.2, -0.15) is 0 Å². The number of para-hydroxylation sites is 1. The molecule has 1 fully saturated rings. The molecule has 3 rings (SSSR count). The van der Waals surface area contributed by atoms with E-state index in [1.807, 2.05) is 31.2 Å². The molecule has 1 aliphatic rings. The van der Waals surface area contributed by atoms with Crippen molar-refractivity contribution >= 4 is 22.9 Å². The maximum absolute atomic E-state index is 12.3. The number of carbonyl (C=O) groups is 1. The van der Waals surface area contributed by atoms with Crippen LogP contribution >= 0.6 is 11.3 Å². The van der Waals surface area contributed by atoms with Crippen molar-refractivity contribution in [3.63, 3.8) is 0 Å². The summed E-state index contributed by atoms with van der Waals surface area (Å²) in [5, 5.41) is 5.12. The Bertz CT molecular complexity index is 605. The van der Waals surface area contributed by atoms with Crippen LogP contribution in [0.5, 0.6) is 0 Å². The lowest BCUT2D eigenvalue weighted by atomic mass is 10.2. The van der Waals surface area contributed by atoms with Crippen LogP contribution in [0.25, 0.3) is 0 Å². The highest BCUT2D eigenvalue weighted by molar-refractivity contribution is 7.09. The topological polar surface area (TPSA) is 32.3 Å². The Morgan fingerprint density at radius 1 is 1.29 bits per heavy atom. The van der Waals surface area contributed by atoms with Gasteiger partial charge in [0.1, 0.15) is 0 Å². The first-order chi connectivity index (χ1) is 10.2. The predicted molar refractivity (Wildman–Crippen MR) is 87.6 cm³/mol. The lowest BCUT2D eigenvalue weighted by molar-refractivity contribution is -0.117. The van der Waals surface area contributed by atoms with Gasteiger partial charge in [-0.3, -0.25) is 9.69 Å². The molecule has 0 aliphatic heterocycles. The van der Waals surface area contributed by atoms with Crippen LogP contribution in [0.2, 0.25) is 0 Å². The van der Waals surface area contributed by atoms with E-state index in [1.165, 1.54) is 17.7 Å². The molecule has 1 saturated carbocycles. The van der Waals surface area contributed by atoms with Crippen LogP contribution in [-0.2, 0) is 11.3 Å². The van der Waals surface area contributed by atoms with E-state index in [-0.39, 0.29) is 5.91 Å². The third kappa shape index (κ3) is 3.93. The van der Waals surface area contributed by atoms with E-state index in [0.29, 0.717) is 12.6 Å². The minimum Gasteiger partial charge on any atom is -0.325 e. The molecule has 0 unspecified atom stereocenters. The van der Waals surface area contributed by atoms with Crippen LogP contribution in [0.4, 0.5) is 5.69 Å². The van der Waals surface area contributed by atoms with E-state index in [0.717, 1.165) is 17.8 Å². The lowest BCUT2D eigenvalue weighted by Gasteiger charge is -2.21. The van der Waals surface area contributed by atoms with E-state index in [9.17, 15) is 4.79 Å². The highest BCUT2D eigenvalue weighted by Crippen LogP contribution is 2.29. The summed E-state index contributed by atoms with van der Waals surface area (Å²) >= 11 is 1.76. The van der Waals surface area contributed by atoms with Gasteiger partial charge in [0.25, 0.3) is 0 Å². The van der Waals surface area contributed by atoms with Gasteiger partial charge in [-0.25, -0.2) is 0 Å². The zero-order valence-corrected chi connectivity index (χ0v) is 13.0. The molecule has 1 aromatic heterocycles. The number of aryl methyl sites for hydroxylation is 1. The average Bonchev–Trinajstić information content (AvgIpc) is 3.19. The van der Waals surface area contributed by atoms with Crippen molar-refractivity contribution in [3.05, 3.63) is 52.2 Å². The van der Waals surface area contributed by atoms with Crippen molar-refractivity contribution in [3.8, 4) is 0 Å². The second-order valence-electron chi connectivity index (χ2n) is 5.58. The molecule has 1 heterocycles. The minimum absolute atomic E-state index is 0.0766. The molecule has 0 bridgehead atoms. The Balaban J connectivity index is 1.60. The van der Waals surface area contributed by atoms with Crippen molar-refractivity contribution in [2.75, 3.05) is 11.9 Å². The van der Waals surface area contributed by atoms with Gasteiger partial charge < -0.3 is 5.32 Å². The van der Waals surface area contributed by atoms with Crippen LogP contribution in [-0.4, -0.2) is 23.4 Å². The first-order valence-corrected chi connectivity index (χ1v) is 8.22. The maximum Gasteiger partial charge on any atom is 0.238 e. The third-order valence-electron chi connectivity index (χ3n) is 3.77. The fraction of sp³-hybridized carbons (Fsp3) is 0.353. The molecule has 0 saturated heterocycles. The lowest BCUT2D eigenvalue weighted by Crippen LogP contribution is -2.34. The first kappa shape index (κ1) is 14.3. The zero-order valence-electron chi connectivity index (χ0n) is 12.2. The molecular formula is C17H20N2OS. The van der Waals surface area contributed by atoms with Crippen molar-refractivity contribution in [2.24, 2.45) is 0 Å². The number of thiophene rings is 1. The standard InChI is InChI=1S/C17H20N2OS/c1-13-5-2-3-7-16(13)18-17(20)12-19(14-8-9-14)11-15-6-4-10-21-15/h2-7,10,14H,8-9,11-12H2,1H3,(H,18,20). The summed E-state index contributed by atoms with van der Waals surface area (Å²) in [6, 6.07) is 12.7. The number of nitrogens with zero attached hydrogens (tertiary/aromatic N) is 1. The Hall–Kier alpha value is -1.65. The largest absolute Gasteiger partial charge is 0.325 e. The summed E-state index contributed by atoms with van der Waals surface area (Å²) in [5.41, 5.74) is 2.01. The summed E-state index contributed by atoms with van der Waals surface area (Å²) in [6.07, 6.45) is 2.42. The van der Waals surface area contributed by atoms with Crippen LogP contribution in [0.3, 0.4) is 0 Å². The summed E-state index contributed by atoms with van der Waals surface area (Å²) in [6.45, 7) is 3.36. The molecule has 0 radical (unpaired) electrons. The van der Waals surface area contributed by atoms with Crippen molar-refractivity contribution in [2.45, 2.75) is 32.4 Å². The molecule has 1 aromatic carbocycles. The van der Waals surface area contributed by atoms with Gasteiger partial charge in [-0.05, 0) is 42.8 Å². The quantitative estimate of drug-likeness (QED) is 0.883. The fourth-order valence-electron chi connectivity index (χ4n) is 2.44. The van der Waals surface area contributed by atoms with Gasteiger partial charge in [0, 0.05) is 23.2 Å². The van der Waals surface area contributed by atoms with Gasteiger partial charge >= 0.3 is 0 Å². The molecule has 0 atom stereocenters. The molecular weight excluding hydrogens is 280 g/mol. The number of rotatable bonds is 6. The number of carbonyl (C=O) groups excluding carboxylic acids is 1. The molecule has 3 nitrogen and oxygen atoms in total. The van der Waals surface area contributed by atoms with Gasteiger partial charge in [-0.1, -0.05) is 24.3 Å². The van der Waals surface area contributed by atoms with E-state index in [1.54, 1.807) is 11.3 Å². The molecule has 1 aliphatic carbocycles. The Morgan fingerprint density at radius 2 is 2.10 bits per heavy atom. The van der Waals surface area contributed by atoms with Crippen molar-refractivity contribution in [1.82, 2.24) is 4.90 Å². The van der Waals surface area contributed by atoms with Crippen LogP contribution < -0.4 is 5.32 Å². The predicted octanol–water partition coefficient (Wildman–Crippen LogP) is 3.66. The van der Waals surface area contributed by atoms with Gasteiger partial charge in [-0.15, -0.1) is 11.3 Å². The summed E-state index contributed by atoms with van der Waals surface area (Å²) < 4.78 is 0. The summed E-state index contributed by atoms with van der Waals surface area (Å²) in [4.78, 5) is 15.9. The first-order valence-electron chi connectivity index (χ1n) is 7.34. The van der Waals surface area contributed by atoms with Crippen molar-refractivity contribution in [1.29, 1.82) is 0 Å². The SMILES string of the molecule is Cc1ccccc1NC(=O)CN(Cc1cccs1)C1CC1. The van der Waals surface area contributed by atoms with Gasteiger partial charge in [0.2, 0.25) is 5.91 Å².